The van der Waals surface area contributed by atoms with Gasteiger partial charge in [-0.1, -0.05) is 18.2 Å². The van der Waals surface area contributed by atoms with E-state index in [0.717, 1.165) is 18.6 Å². The summed E-state index contributed by atoms with van der Waals surface area (Å²) in [6.45, 7) is 3.54. The van der Waals surface area contributed by atoms with E-state index in [1.807, 2.05) is 30.3 Å². The molecule has 6 heteroatoms. The van der Waals surface area contributed by atoms with E-state index in [0.29, 0.717) is 39.3 Å². The SMILES string of the molecule is O=CN1CCN(C(=O)NCCCOc2ccccc2)CC1. The van der Waals surface area contributed by atoms with E-state index in [-0.39, 0.29) is 6.03 Å². The number of ether oxygens (including phenoxy) is 1. The van der Waals surface area contributed by atoms with Gasteiger partial charge in [0, 0.05) is 32.7 Å². The van der Waals surface area contributed by atoms with Crippen molar-refractivity contribution in [2.45, 2.75) is 6.42 Å². The number of benzene rings is 1. The molecule has 114 valence electrons. The lowest BCUT2D eigenvalue weighted by molar-refractivity contribution is -0.119. The maximum Gasteiger partial charge on any atom is 0.317 e. The molecule has 6 nitrogen and oxygen atoms in total. The summed E-state index contributed by atoms with van der Waals surface area (Å²) < 4.78 is 5.55. The Hall–Kier alpha value is -2.24. The maximum atomic E-state index is 11.9. The van der Waals surface area contributed by atoms with Gasteiger partial charge in [-0.3, -0.25) is 4.79 Å². The van der Waals surface area contributed by atoms with Crippen LogP contribution in [0.4, 0.5) is 4.79 Å². The van der Waals surface area contributed by atoms with Crippen molar-refractivity contribution in [3.05, 3.63) is 30.3 Å². The lowest BCUT2D eigenvalue weighted by Crippen LogP contribution is -2.51. The summed E-state index contributed by atoms with van der Waals surface area (Å²) in [4.78, 5) is 25.9. The number of para-hydroxylation sites is 1. The van der Waals surface area contributed by atoms with Gasteiger partial charge in [0.15, 0.2) is 0 Å². The van der Waals surface area contributed by atoms with E-state index < -0.39 is 0 Å². The standard InChI is InChI=1S/C15H21N3O3/c19-13-17-8-10-18(11-9-17)15(20)16-7-4-12-21-14-5-2-1-3-6-14/h1-3,5-6,13H,4,7-12H2,(H,16,20). The van der Waals surface area contributed by atoms with Crippen molar-refractivity contribution < 1.29 is 14.3 Å². The third kappa shape index (κ3) is 4.98. The zero-order valence-electron chi connectivity index (χ0n) is 12.0. The second kappa shape index (κ2) is 8.14. The van der Waals surface area contributed by atoms with Gasteiger partial charge >= 0.3 is 6.03 Å². The summed E-state index contributed by atoms with van der Waals surface area (Å²) in [6, 6.07) is 9.54. The fourth-order valence-electron chi connectivity index (χ4n) is 2.12. The third-order valence-corrected chi connectivity index (χ3v) is 3.36. The molecule has 0 aliphatic carbocycles. The van der Waals surface area contributed by atoms with Gasteiger partial charge in [-0.2, -0.15) is 0 Å². The average Bonchev–Trinajstić information content (AvgIpc) is 2.55. The van der Waals surface area contributed by atoms with E-state index in [9.17, 15) is 9.59 Å². The number of rotatable bonds is 6. The van der Waals surface area contributed by atoms with Crippen LogP contribution in [0.2, 0.25) is 0 Å². The summed E-state index contributed by atoms with van der Waals surface area (Å²) in [5.74, 6) is 0.841. The third-order valence-electron chi connectivity index (χ3n) is 3.36. The Bertz CT molecular complexity index is 445. The van der Waals surface area contributed by atoms with Crippen molar-refractivity contribution in [2.24, 2.45) is 0 Å². The van der Waals surface area contributed by atoms with Gasteiger partial charge in [0.1, 0.15) is 5.75 Å². The Morgan fingerprint density at radius 3 is 2.57 bits per heavy atom. The molecule has 1 saturated heterocycles. The maximum absolute atomic E-state index is 11.9. The number of hydrogen-bond donors (Lipinski definition) is 1. The zero-order chi connectivity index (χ0) is 14.9. The number of nitrogens with zero attached hydrogens (tertiary/aromatic N) is 2. The molecule has 0 aromatic heterocycles. The number of piperazine rings is 1. The average molecular weight is 291 g/mol. The zero-order valence-corrected chi connectivity index (χ0v) is 12.0. The molecule has 0 bridgehead atoms. The Morgan fingerprint density at radius 1 is 1.19 bits per heavy atom. The first-order chi connectivity index (χ1) is 10.3. The second-order valence-corrected chi connectivity index (χ2v) is 4.88. The number of hydrogen-bond acceptors (Lipinski definition) is 3. The highest BCUT2D eigenvalue weighted by molar-refractivity contribution is 5.74. The van der Waals surface area contributed by atoms with E-state index in [1.165, 1.54) is 0 Å². The van der Waals surface area contributed by atoms with Crippen LogP contribution < -0.4 is 10.1 Å². The largest absolute Gasteiger partial charge is 0.494 e. The van der Waals surface area contributed by atoms with Crippen LogP contribution in [0.1, 0.15) is 6.42 Å². The first kappa shape index (κ1) is 15.2. The van der Waals surface area contributed by atoms with Gasteiger partial charge in [-0.25, -0.2) is 4.79 Å². The first-order valence-electron chi connectivity index (χ1n) is 7.19. The molecule has 3 amide bonds. The topological polar surface area (TPSA) is 61.9 Å². The minimum absolute atomic E-state index is 0.0692. The molecule has 0 atom stereocenters. The summed E-state index contributed by atoms with van der Waals surface area (Å²) in [5, 5.41) is 2.87. The van der Waals surface area contributed by atoms with Gasteiger partial charge < -0.3 is 19.9 Å². The second-order valence-electron chi connectivity index (χ2n) is 4.88. The molecular weight excluding hydrogens is 270 g/mol. The van der Waals surface area contributed by atoms with Gasteiger partial charge in [-0.05, 0) is 18.6 Å². The molecule has 1 aromatic rings. The van der Waals surface area contributed by atoms with Crippen LogP contribution in [0.15, 0.2) is 30.3 Å². The summed E-state index contributed by atoms with van der Waals surface area (Å²) in [6.07, 6.45) is 1.59. The smallest absolute Gasteiger partial charge is 0.317 e. The number of amides is 3. The molecule has 2 rings (SSSR count). The van der Waals surface area contributed by atoms with Crippen LogP contribution in [0, 0.1) is 0 Å². The molecule has 1 aliphatic heterocycles. The Morgan fingerprint density at radius 2 is 1.90 bits per heavy atom. The molecule has 1 aromatic carbocycles. The minimum Gasteiger partial charge on any atom is -0.494 e. The van der Waals surface area contributed by atoms with E-state index in [1.54, 1.807) is 9.80 Å². The highest BCUT2D eigenvalue weighted by Gasteiger charge is 2.19. The lowest BCUT2D eigenvalue weighted by Gasteiger charge is -2.32. The summed E-state index contributed by atoms with van der Waals surface area (Å²) in [7, 11) is 0. The van der Waals surface area contributed by atoms with Crippen molar-refractivity contribution in [1.29, 1.82) is 0 Å². The van der Waals surface area contributed by atoms with Gasteiger partial charge in [0.25, 0.3) is 0 Å². The fourth-order valence-corrected chi connectivity index (χ4v) is 2.12. The number of carbonyl (C=O) groups excluding carboxylic acids is 2. The van der Waals surface area contributed by atoms with Gasteiger partial charge in [0.2, 0.25) is 6.41 Å². The van der Waals surface area contributed by atoms with E-state index >= 15 is 0 Å². The van der Waals surface area contributed by atoms with Crippen LogP contribution in [0.5, 0.6) is 5.75 Å². The molecule has 0 spiro atoms. The summed E-state index contributed by atoms with van der Waals surface area (Å²) >= 11 is 0. The highest BCUT2D eigenvalue weighted by atomic mass is 16.5. The quantitative estimate of drug-likeness (QED) is 0.627. The minimum atomic E-state index is -0.0692. The lowest BCUT2D eigenvalue weighted by atomic mass is 10.3. The van der Waals surface area contributed by atoms with Crippen LogP contribution in [-0.4, -0.2) is 61.6 Å². The highest BCUT2D eigenvalue weighted by Crippen LogP contribution is 2.08. The van der Waals surface area contributed by atoms with Crippen molar-refractivity contribution >= 4 is 12.4 Å². The van der Waals surface area contributed by atoms with Crippen molar-refractivity contribution in [3.8, 4) is 5.75 Å². The van der Waals surface area contributed by atoms with Gasteiger partial charge in [-0.15, -0.1) is 0 Å². The number of nitrogens with one attached hydrogen (secondary N) is 1. The number of carbonyl (C=O) groups is 2. The fraction of sp³-hybridized carbons (Fsp3) is 0.467. The van der Waals surface area contributed by atoms with E-state index in [2.05, 4.69) is 5.32 Å². The molecule has 1 aliphatic rings. The normalized spacial score (nSPS) is 14.7. The van der Waals surface area contributed by atoms with Crippen molar-refractivity contribution in [3.63, 3.8) is 0 Å². The monoisotopic (exact) mass is 291 g/mol. The molecule has 1 heterocycles. The van der Waals surface area contributed by atoms with Crippen LogP contribution >= 0.6 is 0 Å². The Balaban J connectivity index is 1.56. The Labute approximate surface area is 124 Å². The molecule has 1 N–H and O–H groups in total. The molecule has 21 heavy (non-hydrogen) atoms. The molecule has 1 fully saturated rings. The van der Waals surface area contributed by atoms with Crippen LogP contribution in [0.25, 0.3) is 0 Å². The molecular formula is C15H21N3O3. The first-order valence-corrected chi connectivity index (χ1v) is 7.19. The van der Waals surface area contributed by atoms with Crippen molar-refractivity contribution in [1.82, 2.24) is 15.1 Å². The predicted octanol–water partition coefficient (Wildman–Crippen LogP) is 0.939. The van der Waals surface area contributed by atoms with Gasteiger partial charge in [0.05, 0.1) is 6.61 Å². The summed E-state index contributed by atoms with van der Waals surface area (Å²) in [5.41, 5.74) is 0. The molecule has 0 unspecified atom stereocenters. The molecule has 0 radical (unpaired) electrons. The predicted molar refractivity (Wildman–Crippen MR) is 79.2 cm³/mol. The molecule has 0 saturated carbocycles. The Kier molecular flexibility index (Phi) is 5.87. The van der Waals surface area contributed by atoms with Crippen LogP contribution in [-0.2, 0) is 4.79 Å². The van der Waals surface area contributed by atoms with Crippen molar-refractivity contribution in [2.75, 3.05) is 39.3 Å². The number of urea groups is 1. The van der Waals surface area contributed by atoms with Crippen LogP contribution in [0.3, 0.4) is 0 Å². The van der Waals surface area contributed by atoms with E-state index in [4.69, 9.17) is 4.74 Å².